The summed E-state index contributed by atoms with van der Waals surface area (Å²) in [6.45, 7) is 9.51. The summed E-state index contributed by atoms with van der Waals surface area (Å²) in [5.74, 6) is 0.601. The molecule has 2 aliphatic rings. The lowest BCUT2D eigenvalue weighted by atomic mass is 9.99. The highest BCUT2D eigenvalue weighted by molar-refractivity contribution is 6.37. The molecule has 0 aliphatic carbocycles. The van der Waals surface area contributed by atoms with Crippen LogP contribution in [0.4, 0.5) is 0 Å². The third-order valence-corrected chi connectivity index (χ3v) is 7.81. The van der Waals surface area contributed by atoms with Crippen LogP contribution in [0.3, 0.4) is 0 Å². The Morgan fingerprint density at radius 1 is 0.921 bits per heavy atom. The lowest BCUT2D eigenvalue weighted by Gasteiger charge is -2.36. The van der Waals surface area contributed by atoms with Gasteiger partial charge in [-0.15, -0.1) is 0 Å². The van der Waals surface area contributed by atoms with E-state index in [1.807, 2.05) is 11.0 Å². The lowest BCUT2D eigenvalue weighted by molar-refractivity contribution is -0.137. The van der Waals surface area contributed by atoms with Gasteiger partial charge in [0.25, 0.3) is 5.91 Å². The van der Waals surface area contributed by atoms with E-state index in [2.05, 4.69) is 11.5 Å². The van der Waals surface area contributed by atoms with Crippen molar-refractivity contribution in [3.63, 3.8) is 0 Å². The molecule has 2 saturated heterocycles. The van der Waals surface area contributed by atoms with Gasteiger partial charge in [-0.1, -0.05) is 41.4 Å². The van der Waals surface area contributed by atoms with Crippen LogP contribution in [-0.4, -0.2) is 92.7 Å². The van der Waals surface area contributed by atoms with Gasteiger partial charge in [0.15, 0.2) is 0 Å². The zero-order chi connectivity index (χ0) is 27.2. The lowest BCUT2D eigenvalue weighted by Crippen LogP contribution is -2.51. The second-order valence-corrected chi connectivity index (χ2v) is 10.7. The van der Waals surface area contributed by atoms with Gasteiger partial charge >= 0.3 is 0 Å². The second kappa shape index (κ2) is 13.2. The molecule has 2 amide bonds. The minimum atomic E-state index is -0.0401. The van der Waals surface area contributed by atoms with Crippen molar-refractivity contribution in [2.45, 2.75) is 12.8 Å². The first-order valence-corrected chi connectivity index (χ1v) is 13.8. The Morgan fingerprint density at radius 3 is 2.26 bits per heavy atom. The predicted molar refractivity (Wildman–Crippen MR) is 151 cm³/mol. The summed E-state index contributed by atoms with van der Waals surface area (Å²) in [6.07, 6.45) is 0.776. The van der Waals surface area contributed by atoms with Crippen LogP contribution in [0.15, 0.2) is 42.5 Å². The molecule has 0 spiro atoms. The fourth-order valence-corrected chi connectivity index (χ4v) is 5.42. The zero-order valence-corrected chi connectivity index (χ0v) is 23.7. The van der Waals surface area contributed by atoms with Crippen molar-refractivity contribution in [1.29, 1.82) is 0 Å². The molecule has 0 unspecified atom stereocenters. The molecule has 2 aromatic rings. The van der Waals surface area contributed by atoms with Gasteiger partial charge in [-0.3, -0.25) is 14.5 Å². The van der Waals surface area contributed by atoms with Crippen molar-refractivity contribution in [1.82, 2.24) is 14.7 Å². The van der Waals surface area contributed by atoms with E-state index in [-0.39, 0.29) is 11.8 Å². The summed E-state index contributed by atoms with van der Waals surface area (Å²) in [7, 11) is 1.58. The van der Waals surface area contributed by atoms with Crippen LogP contribution in [0.1, 0.15) is 12.0 Å². The van der Waals surface area contributed by atoms with E-state index in [1.165, 1.54) is 0 Å². The Hall–Kier alpha value is -2.29. The van der Waals surface area contributed by atoms with Gasteiger partial charge in [0.05, 0.1) is 25.3 Å². The molecule has 2 heterocycles. The van der Waals surface area contributed by atoms with Gasteiger partial charge in [-0.2, -0.15) is 0 Å². The Balaban J connectivity index is 1.34. The molecule has 0 atom stereocenters. The maximum atomic E-state index is 13.0. The van der Waals surface area contributed by atoms with Crippen LogP contribution < -0.4 is 4.74 Å². The maximum absolute atomic E-state index is 13.0. The van der Waals surface area contributed by atoms with Crippen molar-refractivity contribution in [3.05, 3.63) is 63.1 Å². The highest BCUT2D eigenvalue weighted by Crippen LogP contribution is 2.39. The summed E-state index contributed by atoms with van der Waals surface area (Å²) in [5, 5.41) is 1.57. The quantitative estimate of drug-likeness (QED) is 0.419. The van der Waals surface area contributed by atoms with E-state index in [9.17, 15) is 9.59 Å². The first-order chi connectivity index (χ1) is 18.3. The minimum absolute atomic E-state index is 0.0311. The monoisotopic (exact) mass is 579 g/mol. The number of halogens is 3. The third-order valence-electron chi connectivity index (χ3n) is 6.94. The molecule has 7 nitrogen and oxygen atoms in total. The number of carbonyl (C=O) groups is 2. The summed E-state index contributed by atoms with van der Waals surface area (Å²) in [4.78, 5) is 31.7. The number of aryl methyl sites for hydroxylation is 1. The summed E-state index contributed by atoms with van der Waals surface area (Å²) in [5.41, 5.74) is 2.88. The van der Waals surface area contributed by atoms with Crippen molar-refractivity contribution >= 4 is 46.6 Å². The average molecular weight is 581 g/mol. The normalized spacial score (nSPS) is 16.4. The van der Waals surface area contributed by atoms with Gasteiger partial charge in [0.1, 0.15) is 5.75 Å². The number of rotatable bonds is 8. The molecular weight excluding hydrogens is 549 g/mol. The number of piperazine rings is 1. The van der Waals surface area contributed by atoms with Crippen molar-refractivity contribution in [3.8, 4) is 16.9 Å². The minimum Gasteiger partial charge on any atom is -0.496 e. The zero-order valence-electron chi connectivity index (χ0n) is 21.5. The van der Waals surface area contributed by atoms with E-state index in [4.69, 9.17) is 44.3 Å². The summed E-state index contributed by atoms with van der Waals surface area (Å²) in [6, 6.07) is 8.86. The summed E-state index contributed by atoms with van der Waals surface area (Å²) >= 11 is 19.1. The number of ether oxygens (including phenoxy) is 2. The predicted octanol–water partition coefficient (Wildman–Crippen LogP) is 4.81. The van der Waals surface area contributed by atoms with E-state index >= 15 is 0 Å². The van der Waals surface area contributed by atoms with Gasteiger partial charge in [0.2, 0.25) is 5.91 Å². The molecule has 38 heavy (non-hydrogen) atoms. The smallest absolute Gasteiger partial charge is 0.250 e. The average Bonchev–Trinajstić information content (AvgIpc) is 2.93. The second-order valence-electron chi connectivity index (χ2n) is 9.43. The number of amides is 2. The van der Waals surface area contributed by atoms with Gasteiger partial charge < -0.3 is 19.3 Å². The van der Waals surface area contributed by atoms with Crippen molar-refractivity contribution in [2.75, 3.05) is 66.1 Å². The molecule has 0 bridgehead atoms. The Labute approximate surface area is 238 Å². The number of morpholine rings is 1. The molecule has 0 radical (unpaired) electrons. The van der Waals surface area contributed by atoms with Crippen LogP contribution in [0.2, 0.25) is 15.1 Å². The van der Waals surface area contributed by atoms with Gasteiger partial charge in [-0.25, -0.2) is 0 Å². The molecule has 4 rings (SSSR count). The molecule has 2 aromatic carbocycles. The third kappa shape index (κ3) is 7.01. The largest absolute Gasteiger partial charge is 0.496 e. The molecule has 10 heteroatoms. The van der Waals surface area contributed by atoms with Crippen LogP contribution >= 0.6 is 34.8 Å². The molecule has 0 aromatic heterocycles. The topological polar surface area (TPSA) is 62.3 Å². The highest BCUT2D eigenvalue weighted by atomic mass is 35.5. The van der Waals surface area contributed by atoms with E-state index in [1.54, 1.807) is 36.3 Å². The maximum Gasteiger partial charge on any atom is 0.250 e. The number of nitrogens with zero attached hydrogens (tertiary/aromatic N) is 3. The number of carbonyl (C=O) groups excluding carboxylic acids is 2. The fourth-order valence-electron chi connectivity index (χ4n) is 4.77. The molecule has 0 N–H and O–H groups in total. The van der Waals surface area contributed by atoms with Crippen molar-refractivity contribution in [2.24, 2.45) is 0 Å². The molecule has 2 fully saturated rings. The van der Waals surface area contributed by atoms with Crippen LogP contribution in [0.5, 0.6) is 5.75 Å². The number of hydrogen-bond acceptors (Lipinski definition) is 5. The van der Waals surface area contributed by atoms with Crippen molar-refractivity contribution < 1.29 is 19.1 Å². The Kier molecular flexibility index (Phi) is 9.96. The Bertz CT molecular complexity index is 1190. The van der Waals surface area contributed by atoms with Gasteiger partial charge in [-0.05, 0) is 42.3 Å². The van der Waals surface area contributed by atoms with E-state index < -0.39 is 0 Å². The van der Waals surface area contributed by atoms with Crippen LogP contribution in [-0.2, 0) is 20.7 Å². The fraction of sp³-hybridized carbons (Fsp3) is 0.429. The SMILES string of the molecule is C=C(CN1CCOCC1)C(=O)N1CCN(C(=O)CCc2cc(-c3cc(Cl)ccc3Cl)c(Cl)cc2OC)CC1. The van der Waals surface area contributed by atoms with Crippen LogP contribution in [0.25, 0.3) is 11.1 Å². The molecule has 0 saturated carbocycles. The first kappa shape index (κ1) is 28.7. The highest BCUT2D eigenvalue weighted by Gasteiger charge is 2.26. The number of methoxy groups -OCH3 is 1. The first-order valence-electron chi connectivity index (χ1n) is 12.6. The Morgan fingerprint density at radius 2 is 1.58 bits per heavy atom. The summed E-state index contributed by atoms with van der Waals surface area (Å²) < 4.78 is 10.9. The number of hydrogen-bond donors (Lipinski definition) is 0. The van der Waals surface area contributed by atoms with Crippen LogP contribution in [0, 0.1) is 0 Å². The molecular formula is C28H32Cl3N3O4. The van der Waals surface area contributed by atoms with Gasteiger partial charge in [0, 0.05) is 79.0 Å². The molecule has 204 valence electrons. The molecule has 2 aliphatic heterocycles. The van der Waals surface area contributed by atoms with E-state index in [0.717, 1.165) is 29.8 Å². The van der Waals surface area contributed by atoms with E-state index in [0.29, 0.717) is 85.2 Å². The standard InChI is InChI=1S/C28H32Cl3N3O4/c1-19(18-32-11-13-38-14-12-32)28(36)34-9-7-33(8-10-34)27(35)6-3-20-15-22(25(31)17-26(20)37-2)23-16-21(29)4-5-24(23)30/h4-5,15-17H,1,3,6-14,18H2,2H3. The number of benzene rings is 2.